The van der Waals surface area contributed by atoms with Gasteiger partial charge in [-0.25, -0.2) is 10.3 Å². The molecule has 1 aromatic carbocycles. The number of benzene rings is 1. The number of hydroxylamine groups is 1. The lowest BCUT2D eigenvalue weighted by molar-refractivity contribution is -0.198. The summed E-state index contributed by atoms with van der Waals surface area (Å²) in [5.74, 6) is 0.285. The number of carbonyl (C=O) groups excluding carboxylic acids is 2. The first-order valence-corrected chi connectivity index (χ1v) is 12.1. The van der Waals surface area contributed by atoms with Crippen LogP contribution in [0, 0.1) is 5.92 Å². The molecule has 2 heterocycles. The van der Waals surface area contributed by atoms with Crippen molar-refractivity contribution in [3.05, 3.63) is 35.9 Å². The fraction of sp³-hybridized carbons (Fsp3) is 0.600. The second kappa shape index (κ2) is 11.5. The van der Waals surface area contributed by atoms with Gasteiger partial charge in [0, 0.05) is 49.8 Å². The summed E-state index contributed by atoms with van der Waals surface area (Å²) in [6.07, 6.45) is 12.5. The predicted octanol–water partition coefficient (Wildman–Crippen LogP) is 3.87. The summed E-state index contributed by atoms with van der Waals surface area (Å²) < 4.78 is 5.42. The van der Waals surface area contributed by atoms with Crippen LogP contribution >= 0.6 is 0 Å². The van der Waals surface area contributed by atoms with Gasteiger partial charge in [-0.05, 0) is 55.9 Å². The molecule has 2 N–H and O–H groups in total. The Morgan fingerprint density at radius 2 is 1.78 bits per heavy atom. The van der Waals surface area contributed by atoms with Crippen molar-refractivity contribution in [1.29, 1.82) is 0 Å². The molecule has 1 saturated carbocycles. The van der Waals surface area contributed by atoms with E-state index in [4.69, 9.17) is 9.57 Å². The van der Waals surface area contributed by atoms with Gasteiger partial charge in [-0.1, -0.05) is 31.4 Å². The number of anilines is 1. The van der Waals surface area contributed by atoms with Crippen molar-refractivity contribution in [2.24, 2.45) is 5.92 Å². The molecule has 2 saturated heterocycles. The highest BCUT2D eigenvalue weighted by molar-refractivity contribution is 5.91. The second-order valence-electron chi connectivity index (χ2n) is 9.08. The summed E-state index contributed by atoms with van der Waals surface area (Å²) >= 11 is 0. The van der Waals surface area contributed by atoms with Crippen LogP contribution in [-0.2, 0) is 19.2 Å². The molecule has 0 aromatic heterocycles. The number of amides is 2. The smallest absolute Gasteiger partial charge is 0.267 e. The lowest BCUT2D eigenvalue weighted by Crippen LogP contribution is -2.36. The van der Waals surface area contributed by atoms with E-state index in [2.05, 4.69) is 10.8 Å². The Labute approximate surface area is 190 Å². The van der Waals surface area contributed by atoms with Crippen LogP contribution in [0.2, 0.25) is 0 Å². The van der Waals surface area contributed by atoms with Gasteiger partial charge in [0.25, 0.3) is 5.91 Å². The van der Waals surface area contributed by atoms with Gasteiger partial charge in [-0.15, -0.1) is 0 Å². The van der Waals surface area contributed by atoms with E-state index in [-0.39, 0.29) is 24.2 Å². The fourth-order valence-corrected chi connectivity index (χ4v) is 4.75. The van der Waals surface area contributed by atoms with Crippen LogP contribution in [0.5, 0.6) is 0 Å². The standard InChI is InChI=1S/C25H35N3O4/c29-23(27-32-24-8-4-5-17-31-24)14-11-19-9-12-21(13-10-19)26-22-15-16-28(18-22)25(30)20-6-2-1-3-7-20/h9-14,20,22,24,26H,1-8,15-18H2,(H,27,29)/b14-11+/t22-,24?/m1/s1. The van der Waals surface area contributed by atoms with Gasteiger partial charge in [-0.3, -0.25) is 9.59 Å². The van der Waals surface area contributed by atoms with Gasteiger partial charge in [-0.2, -0.15) is 0 Å². The minimum Gasteiger partial charge on any atom is -0.380 e. The average Bonchev–Trinajstić information content (AvgIpc) is 3.31. The molecule has 2 amide bonds. The summed E-state index contributed by atoms with van der Waals surface area (Å²) in [5.41, 5.74) is 4.38. The second-order valence-corrected chi connectivity index (χ2v) is 9.08. The molecule has 0 radical (unpaired) electrons. The maximum Gasteiger partial charge on any atom is 0.267 e. The summed E-state index contributed by atoms with van der Waals surface area (Å²) in [6.45, 7) is 2.30. The van der Waals surface area contributed by atoms with Crippen molar-refractivity contribution in [2.45, 2.75) is 70.1 Å². The van der Waals surface area contributed by atoms with E-state index < -0.39 is 0 Å². The first-order chi connectivity index (χ1) is 15.7. The number of carbonyl (C=O) groups is 2. The number of nitrogens with one attached hydrogen (secondary N) is 2. The van der Waals surface area contributed by atoms with Gasteiger partial charge in [0.2, 0.25) is 5.91 Å². The summed E-state index contributed by atoms with van der Waals surface area (Å²) in [4.78, 5) is 32.0. The summed E-state index contributed by atoms with van der Waals surface area (Å²) in [7, 11) is 0. The van der Waals surface area contributed by atoms with Gasteiger partial charge in [0.15, 0.2) is 6.29 Å². The van der Waals surface area contributed by atoms with E-state index in [0.29, 0.717) is 12.5 Å². The van der Waals surface area contributed by atoms with Crippen LogP contribution in [-0.4, -0.2) is 48.7 Å². The van der Waals surface area contributed by atoms with Crippen LogP contribution in [0.15, 0.2) is 30.3 Å². The molecule has 7 nitrogen and oxygen atoms in total. The zero-order valence-electron chi connectivity index (χ0n) is 18.8. The SMILES string of the molecule is O=C(/C=C/c1ccc(N[C@@H]2CCN(C(=O)C3CCCCC3)C2)cc1)NOC1CCCCO1. The van der Waals surface area contributed by atoms with Crippen molar-refractivity contribution in [1.82, 2.24) is 10.4 Å². The Hall–Kier alpha value is -2.38. The van der Waals surface area contributed by atoms with Gasteiger partial charge < -0.3 is 15.0 Å². The van der Waals surface area contributed by atoms with Crippen molar-refractivity contribution in [3.8, 4) is 0 Å². The van der Waals surface area contributed by atoms with Crippen LogP contribution < -0.4 is 10.8 Å². The Kier molecular flexibility index (Phi) is 8.18. The summed E-state index contributed by atoms with van der Waals surface area (Å²) in [6, 6.07) is 8.24. The zero-order valence-corrected chi connectivity index (χ0v) is 18.8. The van der Waals surface area contributed by atoms with E-state index in [1.165, 1.54) is 25.3 Å². The quantitative estimate of drug-likeness (QED) is 0.496. The van der Waals surface area contributed by atoms with Crippen molar-refractivity contribution < 1.29 is 19.2 Å². The van der Waals surface area contributed by atoms with Gasteiger partial charge in [0.05, 0.1) is 0 Å². The van der Waals surface area contributed by atoms with E-state index in [9.17, 15) is 9.59 Å². The number of rotatable bonds is 7. The highest BCUT2D eigenvalue weighted by atomic mass is 16.8. The van der Waals surface area contributed by atoms with Crippen LogP contribution in [0.1, 0.15) is 63.4 Å². The van der Waals surface area contributed by atoms with Crippen molar-refractivity contribution in [2.75, 3.05) is 25.0 Å². The average molecular weight is 442 g/mol. The Morgan fingerprint density at radius 1 is 1.00 bits per heavy atom. The largest absolute Gasteiger partial charge is 0.380 e. The highest BCUT2D eigenvalue weighted by Crippen LogP contribution is 2.27. The lowest BCUT2D eigenvalue weighted by atomic mass is 9.88. The first-order valence-electron chi connectivity index (χ1n) is 12.1. The Balaban J connectivity index is 1.19. The van der Waals surface area contributed by atoms with E-state index in [1.54, 1.807) is 6.08 Å². The highest BCUT2D eigenvalue weighted by Gasteiger charge is 2.31. The maximum absolute atomic E-state index is 12.7. The van der Waals surface area contributed by atoms with Crippen molar-refractivity contribution >= 4 is 23.6 Å². The van der Waals surface area contributed by atoms with Crippen molar-refractivity contribution in [3.63, 3.8) is 0 Å². The molecule has 7 heteroatoms. The van der Waals surface area contributed by atoms with Crippen LogP contribution in [0.3, 0.4) is 0 Å². The molecular formula is C25H35N3O4. The zero-order chi connectivity index (χ0) is 22.2. The van der Waals surface area contributed by atoms with Crippen LogP contribution in [0.4, 0.5) is 5.69 Å². The molecular weight excluding hydrogens is 406 g/mol. The molecule has 1 unspecified atom stereocenters. The molecule has 1 aliphatic carbocycles. The van der Waals surface area contributed by atoms with Gasteiger partial charge in [0.1, 0.15) is 0 Å². The third-order valence-electron chi connectivity index (χ3n) is 6.59. The molecule has 0 bridgehead atoms. The third-order valence-corrected chi connectivity index (χ3v) is 6.59. The lowest BCUT2D eigenvalue weighted by Gasteiger charge is -2.26. The first kappa shape index (κ1) is 22.8. The molecule has 2 aliphatic heterocycles. The number of hydrogen-bond acceptors (Lipinski definition) is 5. The van der Waals surface area contributed by atoms with E-state index in [0.717, 1.165) is 62.9 Å². The molecule has 4 rings (SSSR count). The molecule has 174 valence electrons. The number of hydrogen-bond donors (Lipinski definition) is 2. The van der Waals surface area contributed by atoms with E-state index >= 15 is 0 Å². The topological polar surface area (TPSA) is 79.9 Å². The van der Waals surface area contributed by atoms with E-state index in [1.807, 2.05) is 29.2 Å². The molecule has 3 fully saturated rings. The molecule has 0 spiro atoms. The number of nitrogens with zero attached hydrogens (tertiary/aromatic N) is 1. The molecule has 1 aromatic rings. The Morgan fingerprint density at radius 3 is 2.53 bits per heavy atom. The monoisotopic (exact) mass is 441 g/mol. The fourth-order valence-electron chi connectivity index (χ4n) is 4.75. The molecule has 32 heavy (non-hydrogen) atoms. The molecule has 3 aliphatic rings. The third kappa shape index (κ3) is 6.56. The van der Waals surface area contributed by atoms with Crippen LogP contribution in [0.25, 0.3) is 6.08 Å². The number of ether oxygens (including phenoxy) is 1. The molecule has 2 atom stereocenters. The summed E-state index contributed by atoms with van der Waals surface area (Å²) in [5, 5.41) is 3.55. The normalized spacial score (nSPS) is 24.6. The Bertz CT molecular complexity index is 783. The minimum absolute atomic E-state index is 0.242. The number of likely N-dealkylation sites (tertiary alicyclic amines) is 1. The van der Waals surface area contributed by atoms with Gasteiger partial charge >= 0.3 is 0 Å². The predicted molar refractivity (Wildman–Crippen MR) is 123 cm³/mol. The maximum atomic E-state index is 12.7. The minimum atomic E-state index is -0.351.